The first-order valence-electron chi connectivity index (χ1n) is 10.2. The molecule has 2 heterocycles. The van der Waals surface area contributed by atoms with Gasteiger partial charge in [0.1, 0.15) is 5.82 Å². The molecule has 160 valence electrons. The molecule has 1 N–H and O–H groups in total. The molecule has 0 atom stereocenters. The van der Waals surface area contributed by atoms with Crippen LogP contribution in [0.2, 0.25) is 0 Å². The first-order chi connectivity index (χ1) is 15.6. The van der Waals surface area contributed by atoms with Crippen LogP contribution >= 0.6 is 11.3 Å². The van der Waals surface area contributed by atoms with Crippen molar-refractivity contribution in [3.8, 4) is 22.4 Å². The van der Waals surface area contributed by atoms with Crippen LogP contribution < -0.4 is 5.32 Å². The van der Waals surface area contributed by atoms with Crippen LogP contribution in [0.4, 0.5) is 10.1 Å². The van der Waals surface area contributed by atoms with E-state index in [-0.39, 0.29) is 5.82 Å². The number of thiazole rings is 1. The summed E-state index contributed by atoms with van der Waals surface area (Å²) in [6.07, 6.45) is 7.43. The third kappa shape index (κ3) is 4.65. The first-order valence-corrected chi connectivity index (χ1v) is 11.1. The summed E-state index contributed by atoms with van der Waals surface area (Å²) in [4.78, 5) is 12.9. The van der Waals surface area contributed by atoms with Crippen molar-refractivity contribution in [2.75, 3.05) is 11.9 Å². The molecule has 0 aliphatic heterocycles. The van der Waals surface area contributed by atoms with Crippen LogP contribution in [-0.4, -0.2) is 23.2 Å². The highest BCUT2D eigenvalue weighted by Crippen LogP contribution is 2.35. The lowest BCUT2D eigenvalue weighted by Crippen LogP contribution is -2.04. The number of allylic oxidation sites excluding steroid dienone is 1. The quantitative estimate of drug-likeness (QED) is 0.246. The molecule has 4 rings (SSSR count). The van der Waals surface area contributed by atoms with Gasteiger partial charge in [0.15, 0.2) is 0 Å². The molecule has 0 aliphatic carbocycles. The van der Waals surface area contributed by atoms with Gasteiger partial charge in [0, 0.05) is 23.9 Å². The second-order valence-electron chi connectivity index (χ2n) is 7.33. The fourth-order valence-electron chi connectivity index (χ4n) is 3.44. The van der Waals surface area contributed by atoms with Gasteiger partial charge in [-0.25, -0.2) is 9.37 Å². The largest absolute Gasteiger partial charge is 0.380 e. The lowest BCUT2D eigenvalue weighted by Gasteiger charge is -2.14. The second-order valence-corrected chi connectivity index (χ2v) is 8.22. The maximum Gasteiger partial charge on any atom is 0.126 e. The van der Waals surface area contributed by atoms with Gasteiger partial charge >= 0.3 is 0 Å². The number of aryl methyl sites for hydroxylation is 1. The highest BCUT2D eigenvalue weighted by Gasteiger charge is 2.13. The Kier molecular flexibility index (Phi) is 6.52. The smallest absolute Gasteiger partial charge is 0.126 e. The van der Waals surface area contributed by atoms with Gasteiger partial charge in [0.05, 0.1) is 33.3 Å². The van der Waals surface area contributed by atoms with Crippen LogP contribution in [0.15, 0.2) is 83.1 Å². The van der Waals surface area contributed by atoms with Crippen LogP contribution in [0, 0.1) is 12.7 Å². The Morgan fingerprint density at radius 2 is 2.00 bits per heavy atom. The summed E-state index contributed by atoms with van der Waals surface area (Å²) in [5.74, 6) is -0.222. The Bertz CT molecular complexity index is 1340. The molecule has 0 bridgehead atoms. The summed E-state index contributed by atoms with van der Waals surface area (Å²) >= 11 is 1.61. The Morgan fingerprint density at radius 3 is 2.78 bits per heavy atom. The van der Waals surface area contributed by atoms with Gasteiger partial charge in [-0.05, 0) is 79.7 Å². The lowest BCUT2D eigenvalue weighted by molar-refractivity contribution is 0.619. The van der Waals surface area contributed by atoms with E-state index in [4.69, 9.17) is 4.98 Å². The molecule has 2 aromatic carbocycles. The number of hydrogen-bond acceptors (Lipinski definition) is 5. The number of benzene rings is 2. The third-order valence-corrected chi connectivity index (χ3v) is 6.01. The van der Waals surface area contributed by atoms with Crippen LogP contribution in [-0.2, 0) is 0 Å². The molecule has 0 unspecified atom stereocenters. The van der Waals surface area contributed by atoms with E-state index in [1.807, 2.05) is 42.9 Å². The van der Waals surface area contributed by atoms with Gasteiger partial charge < -0.3 is 5.32 Å². The molecular formula is C26H23FN4S. The molecule has 0 fully saturated rings. The summed E-state index contributed by atoms with van der Waals surface area (Å²) in [5.41, 5.74) is 9.09. The minimum Gasteiger partial charge on any atom is -0.380 e. The normalized spacial score (nSPS) is 11.9. The van der Waals surface area contributed by atoms with Gasteiger partial charge in [-0.15, -0.1) is 11.3 Å². The summed E-state index contributed by atoms with van der Waals surface area (Å²) in [5, 5.41) is 3.43. The topological polar surface area (TPSA) is 50.2 Å². The molecule has 0 amide bonds. The minimum atomic E-state index is -0.222. The summed E-state index contributed by atoms with van der Waals surface area (Å²) in [7, 11) is 0. The van der Waals surface area contributed by atoms with Crippen molar-refractivity contribution in [1.82, 2.24) is 9.97 Å². The Morgan fingerprint density at radius 1 is 1.16 bits per heavy atom. The van der Waals surface area contributed by atoms with E-state index < -0.39 is 0 Å². The molecule has 0 spiro atoms. The van der Waals surface area contributed by atoms with E-state index in [1.165, 1.54) is 6.07 Å². The molecule has 2 aromatic heterocycles. The fraction of sp³-hybridized carbons (Fsp3) is 0.115. The van der Waals surface area contributed by atoms with E-state index in [2.05, 4.69) is 40.2 Å². The Hall–Kier alpha value is -3.64. The van der Waals surface area contributed by atoms with Crippen molar-refractivity contribution in [3.05, 3.63) is 89.5 Å². The number of anilines is 1. The lowest BCUT2D eigenvalue weighted by atomic mass is 9.97. The molecule has 4 aromatic rings. The summed E-state index contributed by atoms with van der Waals surface area (Å²) < 4.78 is 15.0. The number of nitrogens with zero attached hydrogens (tertiary/aromatic N) is 3. The van der Waals surface area contributed by atoms with Crippen molar-refractivity contribution in [3.63, 3.8) is 0 Å². The highest BCUT2D eigenvalue weighted by molar-refractivity contribution is 7.16. The zero-order valence-corrected chi connectivity index (χ0v) is 18.8. The standard InChI is InChI=1S/C26H23FN4S/c1-4-18(9-10-28-3)14-29-21-13-22(19-6-8-24-25(12-19)32-16-31-24)26(30-15-21)20-5-7-23(27)17(2)11-20/h4-13,15-16,29H,3,14H2,1-2H3/b10-9-,18-4+. The molecule has 4 nitrogen and oxygen atoms in total. The van der Waals surface area contributed by atoms with Crippen LogP contribution in [0.5, 0.6) is 0 Å². The van der Waals surface area contributed by atoms with E-state index in [0.717, 1.165) is 43.9 Å². The average Bonchev–Trinajstić information content (AvgIpc) is 3.29. The second kappa shape index (κ2) is 9.66. The molecule has 32 heavy (non-hydrogen) atoms. The molecule has 0 saturated heterocycles. The molecule has 0 radical (unpaired) electrons. The Balaban J connectivity index is 1.77. The third-order valence-electron chi connectivity index (χ3n) is 5.22. The number of aromatic nitrogens is 2. The zero-order valence-electron chi connectivity index (χ0n) is 18.0. The first kappa shape index (κ1) is 21.6. The van der Waals surface area contributed by atoms with Crippen LogP contribution in [0.1, 0.15) is 12.5 Å². The number of aliphatic imine (C=N–C) groups is 1. The van der Waals surface area contributed by atoms with Crippen molar-refractivity contribution in [2.45, 2.75) is 13.8 Å². The maximum absolute atomic E-state index is 13.9. The van der Waals surface area contributed by atoms with Gasteiger partial charge in [-0.2, -0.15) is 0 Å². The van der Waals surface area contributed by atoms with Crippen molar-refractivity contribution in [2.24, 2.45) is 4.99 Å². The van der Waals surface area contributed by atoms with Crippen LogP contribution in [0.3, 0.4) is 0 Å². The van der Waals surface area contributed by atoms with Crippen molar-refractivity contribution in [1.29, 1.82) is 0 Å². The molecular weight excluding hydrogens is 419 g/mol. The van der Waals surface area contributed by atoms with Crippen molar-refractivity contribution < 1.29 is 4.39 Å². The predicted octanol–water partition coefficient (Wildman–Crippen LogP) is 7.05. The fourth-order valence-corrected chi connectivity index (χ4v) is 4.15. The van der Waals surface area contributed by atoms with Crippen LogP contribution in [0.25, 0.3) is 32.6 Å². The molecule has 0 aliphatic rings. The maximum atomic E-state index is 13.9. The Labute approximate surface area is 190 Å². The average molecular weight is 443 g/mol. The van der Waals surface area contributed by atoms with Gasteiger partial charge in [0.25, 0.3) is 0 Å². The van der Waals surface area contributed by atoms with E-state index in [0.29, 0.717) is 12.1 Å². The van der Waals surface area contributed by atoms with Gasteiger partial charge in [-0.1, -0.05) is 12.1 Å². The number of nitrogens with one attached hydrogen (secondary N) is 1. The zero-order chi connectivity index (χ0) is 22.5. The molecule has 0 saturated carbocycles. The van der Waals surface area contributed by atoms with Crippen molar-refractivity contribution >= 4 is 34.0 Å². The number of halogens is 1. The SMILES string of the molecule is C=N/C=C\C(=C/C)CNc1cnc(-c2ccc(F)c(C)c2)c(-c2ccc3ncsc3c2)c1. The minimum absolute atomic E-state index is 0.222. The van der Waals surface area contributed by atoms with Gasteiger partial charge in [-0.3, -0.25) is 9.98 Å². The number of rotatable bonds is 7. The number of fused-ring (bicyclic) bond motifs is 1. The summed E-state index contributed by atoms with van der Waals surface area (Å²) in [6.45, 7) is 7.86. The number of hydrogen-bond donors (Lipinski definition) is 1. The number of pyridine rings is 1. The monoisotopic (exact) mass is 442 g/mol. The highest BCUT2D eigenvalue weighted by atomic mass is 32.1. The van der Waals surface area contributed by atoms with Gasteiger partial charge in [0.2, 0.25) is 0 Å². The predicted molar refractivity (Wildman–Crippen MR) is 134 cm³/mol. The van der Waals surface area contributed by atoms with E-state index in [9.17, 15) is 4.39 Å². The van der Waals surface area contributed by atoms with E-state index in [1.54, 1.807) is 30.5 Å². The molecule has 6 heteroatoms. The van der Waals surface area contributed by atoms with E-state index >= 15 is 0 Å². The summed E-state index contributed by atoms with van der Waals surface area (Å²) in [6, 6.07) is 13.4.